The number of aromatic nitrogens is 1. The Hall–Kier alpha value is -3.91. The topological polar surface area (TPSA) is 107 Å². The van der Waals surface area contributed by atoms with Crippen LogP contribution >= 0.6 is 0 Å². The molecule has 0 saturated heterocycles. The van der Waals surface area contributed by atoms with Gasteiger partial charge in [-0.1, -0.05) is 24.3 Å². The summed E-state index contributed by atoms with van der Waals surface area (Å²) in [7, 11) is 1.29. The summed E-state index contributed by atoms with van der Waals surface area (Å²) < 4.78 is 11.8. The smallest absolute Gasteiger partial charge is 0.337 e. The monoisotopic (exact) mass is 436 g/mol. The third-order valence-corrected chi connectivity index (χ3v) is 4.89. The molecule has 0 unspecified atom stereocenters. The number of amides is 1. The van der Waals surface area contributed by atoms with Crippen LogP contribution in [0.1, 0.15) is 27.2 Å². The van der Waals surface area contributed by atoms with E-state index in [1.807, 2.05) is 31.2 Å². The number of pyridine rings is 1. The van der Waals surface area contributed by atoms with Gasteiger partial charge in [0.1, 0.15) is 13.2 Å². The van der Waals surface area contributed by atoms with Gasteiger partial charge in [0, 0.05) is 17.4 Å². The van der Waals surface area contributed by atoms with E-state index in [-0.39, 0.29) is 35.9 Å². The van der Waals surface area contributed by atoms with Gasteiger partial charge < -0.3 is 24.5 Å². The van der Waals surface area contributed by atoms with E-state index in [0.717, 1.165) is 11.1 Å². The zero-order chi connectivity index (χ0) is 23.1. The van der Waals surface area contributed by atoms with Crippen molar-refractivity contribution in [3.05, 3.63) is 93.4 Å². The van der Waals surface area contributed by atoms with E-state index >= 15 is 0 Å². The van der Waals surface area contributed by atoms with Gasteiger partial charge in [0.25, 0.3) is 0 Å². The van der Waals surface area contributed by atoms with E-state index in [4.69, 9.17) is 4.74 Å². The van der Waals surface area contributed by atoms with E-state index < -0.39 is 12.6 Å². The number of anilines is 1. The number of aliphatic hydroxyl groups excluding tert-OH is 1. The largest absolute Gasteiger partial charge is 0.483 e. The molecule has 0 aliphatic rings. The van der Waals surface area contributed by atoms with Crippen molar-refractivity contribution in [2.24, 2.45) is 0 Å². The Morgan fingerprint density at radius 1 is 1.09 bits per heavy atom. The standard InChI is InChI=1S/C24H24N2O6/c1-16-5-3-4-6-18(16)15-32-22-12-26(20(14-27)11-21(22)28)13-23(29)25-19-9-7-17(8-10-19)24(30)31-2/h3-12,27H,13-15H2,1-2H3,(H,25,29). The lowest BCUT2D eigenvalue weighted by Crippen LogP contribution is -2.23. The highest BCUT2D eigenvalue weighted by Crippen LogP contribution is 2.14. The van der Waals surface area contributed by atoms with Crippen LogP contribution in [0.4, 0.5) is 5.69 Å². The first-order chi connectivity index (χ1) is 15.4. The van der Waals surface area contributed by atoms with Crippen molar-refractivity contribution in [2.45, 2.75) is 26.7 Å². The molecule has 2 N–H and O–H groups in total. The lowest BCUT2D eigenvalue weighted by atomic mass is 10.1. The fourth-order valence-corrected chi connectivity index (χ4v) is 3.08. The lowest BCUT2D eigenvalue weighted by Gasteiger charge is -2.15. The summed E-state index contributed by atoms with van der Waals surface area (Å²) in [5.41, 5.74) is 2.75. The third-order valence-electron chi connectivity index (χ3n) is 4.89. The molecule has 0 bridgehead atoms. The van der Waals surface area contributed by atoms with Gasteiger partial charge in [-0.25, -0.2) is 4.79 Å². The molecule has 0 fully saturated rings. The Morgan fingerprint density at radius 2 is 1.81 bits per heavy atom. The van der Waals surface area contributed by atoms with Crippen molar-refractivity contribution in [3.63, 3.8) is 0 Å². The van der Waals surface area contributed by atoms with E-state index in [0.29, 0.717) is 11.3 Å². The Morgan fingerprint density at radius 3 is 2.47 bits per heavy atom. The van der Waals surface area contributed by atoms with Crippen molar-refractivity contribution in [3.8, 4) is 5.75 Å². The molecule has 0 saturated carbocycles. The highest BCUT2D eigenvalue weighted by atomic mass is 16.5. The van der Waals surface area contributed by atoms with Gasteiger partial charge in [0.05, 0.1) is 25.5 Å². The van der Waals surface area contributed by atoms with E-state index in [9.17, 15) is 19.5 Å². The molecule has 0 atom stereocenters. The number of nitrogens with one attached hydrogen (secondary N) is 1. The van der Waals surface area contributed by atoms with Crippen molar-refractivity contribution >= 4 is 17.6 Å². The summed E-state index contributed by atoms with van der Waals surface area (Å²) in [4.78, 5) is 36.4. The molecule has 2 aromatic carbocycles. The van der Waals surface area contributed by atoms with Crippen LogP contribution in [0.15, 0.2) is 65.6 Å². The molecule has 0 radical (unpaired) electrons. The molecule has 8 heteroatoms. The second-order valence-electron chi connectivity index (χ2n) is 7.11. The summed E-state index contributed by atoms with van der Waals surface area (Å²) in [6.07, 6.45) is 1.42. The molecule has 1 heterocycles. The molecule has 0 spiro atoms. The van der Waals surface area contributed by atoms with Crippen LogP contribution in [0.5, 0.6) is 5.75 Å². The van der Waals surface area contributed by atoms with Gasteiger partial charge in [0.15, 0.2) is 5.75 Å². The molecule has 32 heavy (non-hydrogen) atoms. The first kappa shape index (κ1) is 22.8. The number of rotatable bonds is 8. The minimum absolute atomic E-state index is 0.0840. The van der Waals surface area contributed by atoms with Crippen LogP contribution in [-0.4, -0.2) is 28.7 Å². The predicted octanol–water partition coefficient (Wildman–Crippen LogP) is 2.65. The van der Waals surface area contributed by atoms with Gasteiger partial charge in [0.2, 0.25) is 11.3 Å². The minimum Gasteiger partial charge on any atom is -0.483 e. The number of carbonyl (C=O) groups is 2. The van der Waals surface area contributed by atoms with Gasteiger partial charge in [-0.3, -0.25) is 9.59 Å². The van der Waals surface area contributed by atoms with Crippen LogP contribution < -0.4 is 15.5 Å². The SMILES string of the molecule is COC(=O)c1ccc(NC(=O)Cn2cc(OCc3ccccc3C)c(=O)cc2CO)cc1. The number of nitrogens with zero attached hydrogens (tertiary/aromatic N) is 1. The Labute approximate surface area is 185 Å². The van der Waals surface area contributed by atoms with Crippen molar-refractivity contribution in [2.75, 3.05) is 12.4 Å². The molecule has 1 amide bonds. The Bertz CT molecular complexity index is 1170. The molecule has 3 aromatic rings. The third kappa shape index (κ3) is 5.61. The molecule has 0 aliphatic carbocycles. The maximum absolute atomic E-state index is 12.5. The Balaban J connectivity index is 1.72. The fourth-order valence-electron chi connectivity index (χ4n) is 3.08. The number of hydrogen-bond donors (Lipinski definition) is 2. The molecule has 8 nitrogen and oxygen atoms in total. The number of esters is 1. The maximum atomic E-state index is 12.5. The second-order valence-corrected chi connectivity index (χ2v) is 7.11. The molecular weight excluding hydrogens is 412 g/mol. The van der Waals surface area contributed by atoms with Crippen molar-refractivity contribution in [1.82, 2.24) is 4.57 Å². The number of carbonyl (C=O) groups excluding carboxylic acids is 2. The van der Waals surface area contributed by atoms with Gasteiger partial charge in [-0.2, -0.15) is 0 Å². The van der Waals surface area contributed by atoms with Crippen molar-refractivity contribution < 1.29 is 24.2 Å². The van der Waals surface area contributed by atoms with Crippen LogP contribution in [0.2, 0.25) is 0 Å². The molecular formula is C24H24N2O6. The first-order valence-electron chi connectivity index (χ1n) is 9.91. The normalized spacial score (nSPS) is 10.5. The van der Waals surface area contributed by atoms with Crippen LogP contribution in [0, 0.1) is 6.92 Å². The lowest BCUT2D eigenvalue weighted by molar-refractivity contribution is -0.116. The number of aliphatic hydroxyl groups is 1. The van der Waals surface area contributed by atoms with E-state index in [1.54, 1.807) is 12.1 Å². The predicted molar refractivity (Wildman–Crippen MR) is 119 cm³/mol. The second kappa shape index (κ2) is 10.4. The zero-order valence-corrected chi connectivity index (χ0v) is 17.8. The Kier molecular flexibility index (Phi) is 7.41. The van der Waals surface area contributed by atoms with Crippen LogP contribution in [0.3, 0.4) is 0 Å². The number of methoxy groups -OCH3 is 1. The molecule has 0 aliphatic heterocycles. The summed E-state index contributed by atoms with van der Waals surface area (Å²) in [5.74, 6) is -0.762. The summed E-state index contributed by atoms with van der Waals surface area (Å²) >= 11 is 0. The maximum Gasteiger partial charge on any atom is 0.337 e. The summed E-state index contributed by atoms with van der Waals surface area (Å²) in [6, 6.07) is 15.2. The first-order valence-corrected chi connectivity index (χ1v) is 9.91. The van der Waals surface area contributed by atoms with Gasteiger partial charge >= 0.3 is 5.97 Å². The highest BCUT2D eigenvalue weighted by Gasteiger charge is 2.12. The molecule has 3 rings (SSSR count). The zero-order valence-electron chi connectivity index (χ0n) is 17.8. The average molecular weight is 436 g/mol. The van der Waals surface area contributed by atoms with Gasteiger partial charge in [-0.05, 0) is 42.3 Å². The quantitative estimate of drug-likeness (QED) is 0.526. The summed E-state index contributed by atoms with van der Waals surface area (Å²) in [5, 5.41) is 12.3. The summed E-state index contributed by atoms with van der Waals surface area (Å²) in [6.45, 7) is 1.61. The van der Waals surface area contributed by atoms with E-state index in [2.05, 4.69) is 10.1 Å². The van der Waals surface area contributed by atoms with Gasteiger partial charge in [-0.15, -0.1) is 0 Å². The van der Waals surface area contributed by atoms with Crippen LogP contribution in [0.25, 0.3) is 0 Å². The number of benzene rings is 2. The average Bonchev–Trinajstić information content (AvgIpc) is 2.79. The number of hydrogen-bond acceptors (Lipinski definition) is 6. The molecule has 166 valence electrons. The van der Waals surface area contributed by atoms with E-state index in [1.165, 1.54) is 36.1 Å². The number of ether oxygens (including phenoxy) is 2. The fraction of sp³-hybridized carbons (Fsp3) is 0.208. The number of aryl methyl sites for hydroxylation is 1. The highest BCUT2D eigenvalue weighted by molar-refractivity contribution is 5.93. The molecule has 1 aromatic heterocycles. The van der Waals surface area contributed by atoms with Crippen molar-refractivity contribution in [1.29, 1.82) is 0 Å². The van der Waals surface area contributed by atoms with Crippen LogP contribution in [-0.2, 0) is 29.3 Å². The minimum atomic E-state index is -0.470.